The molecule has 2 amide bonds. The van der Waals surface area contributed by atoms with Gasteiger partial charge in [-0.1, -0.05) is 30.3 Å². The molecule has 2 saturated heterocycles. The maximum atomic E-state index is 13.2. The molecule has 0 aromatic heterocycles. The monoisotopic (exact) mass is 451 g/mol. The summed E-state index contributed by atoms with van der Waals surface area (Å²) in [4.78, 5) is 39.9. The van der Waals surface area contributed by atoms with E-state index in [1.807, 2.05) is 42.5 Å². The predicted molar refractivity (Wildman–Crippen MR) is 126 cm³/mol. The third-order valence-electron chi connectivity index (χ3n) is 6.16. The second-order valence-electron chi connectivity index (χ2n) is 8.56. The van der Waals surface area contributed by atoms with E-state index in [0.29, 0.717) is 18.7 Å². The topological polar surface area (TPSA) is 108 Å². The Labute approximate surface area is 192 Å². The number of anilines is 1. The van der Waals surface area contributed by atoms with Crippen LogP contribution >= 0.6 is 0 Å². The summed E-state index contributed by atoms with van der Waals surface area (Å²) in [6, 6.07) is 12.9. The van der Waals surface area contributed by atoms with E-state index < -0.39 is 11.0 Å². The number of fused-ring (bicyclic) bond motifs is 1. The molecule has 1 atom stereocenters. The molecule has 174 valence electrons. The smallest absolute Gasteiger partial charge is 0.274 e. The summed E-state index contributed by atoms with van der Waals surface area (Å²) in [5, 5.41) is 19.4. The molecule has 33 heavy (non-hydrogen) atoms. The van der Waals surface area contributed by atoms with Gasteiger partial charge in [-0.3, -0.25) is 19.7 Å². The van der Waals surface area contributed by atoms with Crippen LogP contribution in [-0.2, 0) is 9.59 Å². The van der Waals surface area contributed by atoms with Crippen LogP contribution in [0.2, 0.25) is 0 Å². The molecule has 0 spiro atoms. The molecule has 9 heteroatoms. The van der Waals surface area contributed by atoms with Gasteiger partial charge in [0.15, 0.2) is 5.82 Å². The van der Waals surface area contributed by atoms with Gasteiger partial charge in [0.05, 0.1) is 11.5 Å². The molecule has 2 aliphatic rings. The number of nitrogens with one attached hydrogen (secondary N) is 2. The van der Waals surface area contributed by atoms with Gasteiger partial charge in [0, 0.05) is 25.3 Å². The Kier molecular flexibility index (Phi) is 7.07. The minimum Gasteiger partial charge on any atom is -0.355 e. The zero-order chi connectivity index (χ0) is 23.2. The Bertz CT molecular complexity index is 1060. The van der Waals surface area contributed by atoms with Gasteiger partial charge in [-0.2, -0.15) is 0 Å². The number of likely N-dealkylation sites (tertiary alicyclic amines) is 2. The minimum absolute atomic E-state index is 0.0307. The molecule has 0 aliphatic carbocycles. The van der Waals surface area contributed by atoms with Crippen LogP contribution in [0, 0.1) is 10.1 Å². The first kappa shape index (κ1) is 22.6. The van der Waals surface area contributed by atoms with Crippen molar-refractivity contribution in [2.45, 2.75) is 38.1 Å². The zero-order valence-corrected chi connectivity index (χ0v) is 18.5. The van der Waals surface area contributed by atoms with Gasteiger partial charge < -0.3 is 20.4 Å². The van der Waals surface area contributed by atoms with Crippen LogP contribution in [0.4, 0.5) is 5.69 Å². The molecule has 2 aromatic carbocycles. The van der Waals surface area contributed by atoms with Crippen molar-refractivity contribution < 1.29 is 14.5 Å². The molecule has 2 N–H and O–H groups in total. The maximum Gasteiger partial charge on any atom is 0.274 e. The first-order valence-corrected chi connectivity index (χ1v) is 11.4. The number of nitrogens with zero attached hydrogens (tertiary/aromatic N) is 3. The van der Waals surface area contributed by atoms with E-state index in [9.17, 15) is 19.7 Å². The Morgan fingerprint density at radius 3 is 2.55 bits per heavy atom. The lowest BCUT2D eigenvalue weighted by atomic mass is 10.1. The van der Waals surface area contributed by atoms with Crippen molar-refractivity contribution in [3.8, 4) is 0 Å². The number of hydrogen-bond acceptors (Lipinski definition) is 6. The predicted octanol–water partition coefficient (Wildman–Crippen LogP) is 2.92. The van der Waals surface area contributed by atoms with E-state index in [2.05, 4.69) is 10.6 Å². The third kappa shape index (κ3) is 5.79. The number of carbonyl (C=O) groups excluding carboxylic acids is 2. The number of carbonyl (C=O) groups is 2. The Balaban J connectivity index is 1.47. The lowest BCUT2D eigenvalue weighted by Crippen LogP contribution is -2.49. The Hall–Kier alpha value is -3.62. The van der Waals surface area contributed by atoms with Crippen LogP contribution in [0.1, 0.15) is 32.1 Å². The molecule has 9 nitrogen and oxygen atoms in total. The summed E-state index contributed by atoms with van der Waals surface area (Å²) >= 11 is 0. The van der Waals surface area contributed by atoms with Crippen LogP contribution in [0.15, 0.2) is 54.5 Å². The highest BCUT2D eigenvalue weighted by Gasteiger charge is 2.30. The first-order chi connectivity index (χ1) is 16.0. The molecule has 2 aromatic rings. The largest absolute Gasteiger partial charge is 0.355 e. The van der Waals surface area contributed by atoms with Crippen molar-refractivity contribution in [1.29, 1.82) is 0 Å². The quantitative estimate of drug-likeness (QED) is 0.495. The SMILES string of the molecule is O=C(CN1CCCC[C@H](N/C(=C/[N+](=O)[O-])Nc2ccc3ccccc3c2)C1=O)N1CCCC1. The van der Waals surface area contributed by atoms with Gasteiger partial charge in [-0.25, -0.2) is 0 Å². The summed E-state index contributed by atoms with van der Waals surface area (Å²) in [7, 11) is 0. The third-order valence-corrected chi connectivity index (χ3v) is 6.16. The van der Waals surface area contributed by atoms with Gasteiger partial charge in [0.2, 0.25) is 11.8 Å². The Morgan fingerprint density at radius 2 is 1.79 bits per heavy atom. The van der Waals surface area contributed by atoms with Gasteiger partial charge >= 0.3 is 0 Å². The molecule has 2 fully saturated rings. The highest BCUT2D eigenvalue weighted by molar-refractivity contribution is 5.88. The van der Waals surface area contributed by atoms with E-state index in [1.54, 1.807) is 9.80 Å². The molecule has 0 radical (unpaired) electrons. The van der Waals surface area contributed by atoms with Crippen molar-refractivity contribution in [1.82, 2.24) is 15.1 Å². The standard InChI is InChI=1S/C24H29N5O4/c30-23(27-12-5-6-13-27)17-28-14-4-3-9-21(24(28)31)26-22(16-29(32)33)25-20-11-10-18-7-1-2-8-19(18)15-20/h1-2,7-8,10-11,15-16,21,25-26H,3-6,9,12-14,17H2/b22-16+/t21-/m0/s1. The molecule has 4 rings (SSSR count). The van der Waals surface area contributed by atoms with Gasteiger partial charge in [0.25, 0.3) is 6.20 Å². The maximum absolute atomic E-state index is 13.2. The second kappa shape index (κ2) is 10.3. The molecule has 2 heterocycles. The van der Waals surface area contributed by atoms with Crippen LogP contribution in [0.5, 0.6) is 0 Å². The normalized spacial score (nSPS) is 19.5. The fraction of sp³-hybridized carbons (Fsp3) is 0.417. The second-order valence-corrected chi connectivity index (χ2v) is 8.56. The average Bonchev–Trinajstić information content (AvgIpc) is 3.29. The number of hydrogen-bond donors (Lipinski definition) is 2. The van der Waals surface area contributed by atoms with Crippen molar-refractivity contribution in [2.75, 3.05) is 31.5 Å². The van der Waals surface area contributed by atoms with Crippen LogP contribution in [0.25, 0.3) is 10.8 Å². The van der Waals surface area contributed by atoms with E-state index in [4.69, 9.17) is 0 Å². The molecule has 2 aliphatic heterocycles. The Morgan fingerprint density at radius 1 is 1.06 bits per heavy atom. The van der Waals surface area contributed by atoms with Crippen molar-refractivity contribution >= 4 is 28.3 Å². The highest BCUT2D eigenvalue weighted by atomic mass is 16.6. The molecule has 0 bridgehead atoms. The first-order valence-electron chi connectivity index (χ1n) is 11.4. The zero-order valence-electron chi connectivity index (χ0n) is 18.5. The average molecular weight is 452 g/mol. The van der Waals surface area contributed by atoms with Gasteiger partial charge in [0.1, 0.15) is 6.04 Å². The fourth-order valence-corrected chi connectivity index (χ4v) is 4.45. The summed E-state index contributed by atoms with van der Waals surface area (Å²) in [6.07, 6.45) is 4.97. The van der Waals surface area contributed by atoms with Crippen LogP contribution in [-0.4, -0.2) is 58.8 Å². The van der Waals surface area contributed by atoms with E-state index in [0.717, 1.165) is 55.7 Å². The summed E-state index contributed by atoms with van der Waals surface area (Å²) in [6.45, 7) is 2.06. The summed E-state index contributed by atoms with van der Waals surface area (Å²) in [5.41, 5.74) is 0.677. The van der Waals surface area contributed by atoms with Crippen LogP contribution < -0.4 is 10.6 Å². The number of rotatable bonds is 7. The van der Waals surface area contributed by atoms with Crippen molar-refractivity contribution in [2.24, 2.45) is 0 Å². The van der Waals surface area contributed by atoms with Crippen molar-refractivity contribution in [3.63, 3.8) is 0 Å². The van der Waals surface area contributed by atoms with Gasteiger partial charge in [-0.05, 0) is 55.0 Å². The summed E-state index contributed by atoms with van der Waals surface area (Å²) < 4.78 is 0. The number of benzene rings is 2. The molecular formula is C24H29N5O4. The molecule has 0 unspecified atom stereocenters. The fourth-order valence-electron chi connectivity index (χ4n) is 4.45. The molecular weight excluding hydrogens is 422 g/mol. The minimum atomic E-state index is -0.641. The van der Waals surface area contributed by atoms with E-state index >= 15 is 0 Å². The lowest BCUT2D eigenvalue weighted by molar-refractivity contribution is -0.403. The highest BCUT2D eigenvalue weighted by Crippen LogP contribution is 2.21. The lowest BCUT2D eigenvalue weighted by Gasteiger charge is -2.27. The van der Waals surface area contributed by atoms with E-state index in [-0.39, 0.29) is 24.2 Å². The molecule has 0 saturated carbocycles. The number of amides is 2. The van der Waals surface area contributed by atoms with Gasteiger partial charge in [-0.15, -0.1) is 0 Å². The van der Waals surface area contributed by atoms with Crippen molar-refractivity contribution in [3.05, 3.63) is 64.6 Å². The summed E-state index contributed by atoms with van der Waals surface area (Å²) in [5.74, 6) is -0.0900. The number of nitro groups is 1. The van der Waals surface area contributed by atoms with E-state index in [1.165, 1.54) is 0 Å². The van der Waals surface area contributed by atoms with Crippen LogP contribution in [0.3, 0.4) is 0 Å².